The molecule has 3 aromatic rings. The highest BCUT2D eigenvalue weighted by Crippen LogP contribution is 2.14. The Morgan fingerprint density at radius 1 is 1.05 bits per heavy atom. The number of rotatable bonds is 3. The summed E-state index contributed by atoms with van der Waals surface area (Å²) in [6.07, 6.45) is 8.60. The Bertz CT molecular complexity index is 664. The van der Waals surface area contributed by atoms with E-state index in [1.54, 1.807) is 29.5 Å². The number of hydrogen-bond acceptors (Lipinski definition) is 5. The van der Waals surface area contributed by atoms with Gasteiger partial charge in [0.05, 0.1) is 22.6 Å². The highest BCUT2D eigenvalue weighted by molar-refractivity contribution is 9.10. The molecule has 0 saturated heterocycles. The average molecular weight is 317 g/mol. The van der Waals surface area contributed by atoms with E-state index in [9.17, 15) is 0 Å². The van der Waals surface area contributed by atoms with Gasteiger partial charge in [0.2, 0.25) is 5.95 Å². The van der Waals surface area contributed by atoms with Crippen molar-refractivity contribution in [1.82, 2.24) is 24.7 Å². The Balaban J connectivity index is 1.80. The number of hydrogen-bond donors (Lipinski definition) is 1. The lowest BCUT2D eigenvalue weighted by molar-refractivity contribution is 0.847. The van der Waals surface area contributed by atoms with Gasteiger partial charge >= 0.3 is 0 Å². The molecule has 0 bridgehead atoms. The molecule has 0 unspecified atom stereocenters. The van der Waals surface area contributed by atoms with Gasteiger partial charge in [-0.1, -0.05) is 6.07 Å². The molecule has 0 fully saturated rings. The lowest BCUT2D eigenvalue weighted by Gasteiger charge is -2.00. The highest BCUT2D eigenvalue weighted by atomic mass is 79.9. The highest BCUT2D eigenvalue weighted by Gasteiger charge is 2.03. The molecule has 3 aromatic heterocycles. The van der Waals surface area contributed by atoms with Gasteiger partial charge < -0.3 is 5.32 Å². The standard InChI is InChI=1S/C12H9BrN6/c13-9-5-15-12(16-6-9)18-10-7-17-19(8-10)11-3-1-2-4-14-11/h1-8H,(H,15,16,18). The summed E-state index contributed by atoms with van der Waals surface area (Å²) in [5.41, 5.74) is 0.799. The summed E-state index contributed by atoms with van der Waals surface area (Å²) in [7, 11) is 0. The van der Waals surface area contributed by atoms with E-state index in [4.69, 9.17) is 0 Å². The van der Waals surface area contributed by atoms with Gasteiger partial charge in [-0.3, -0.25) is 0 Å². The van der Waals surface area contributed by atoms with Gasteiger partial charge in [-0.05, 0) is 28.1 Å². The van der Waals surface area contributed by atoms with Crippen LogP contribution in [-0.4, -0.2) is 24.7 Å². The van der Waals surface area contributed by atoms with E-state index in [1.807, 2.05) is 24.4 Å². The number of aromatic nitrogens is 5. The third-order valence-corrected chi connectivity index (χ3v) is 2.75. The van der Waals surface area contributed by atoms with Gasteiger partial charge in [0.25, 0.3) is 0 Å². The van der Waals surface area contributed by atoms with Gasteiger partial charge in [-0.2, -0.15) is 5.10 Å². The number of halogens is 1. The summed E-state index contributed by atoms with van der Waals surface area (Å²) >= 11 is 3.29. The molecule has 0 aromatic carbocycles. The fourth-order valence-corrected chi connectivity index (χ4v) is 1.71. The van der Waals surface area contributed by atoms with Gasteiger partial charge in [0.15, 0.2) is 5.82 Å². The van der Waals surface area contributed by atoms with E-state index in [0.717, 1.165) is 16.0 Å². The van der Waals surface area contributed by atoms with Crippen molar-refractivity contribution in [3.05, 3.63) is 53.7 Å². The van der Waals surface area contributed by atoms with E-state index in [1.165, 1.54) is 0 Å². The molecule has 0 saturated carbocycles. The van der Waals surface area contributed by atoms with Crippen LogP contribution in [0.3, 0.4) is 0 Å². The summed E-state index contributed by atoms with van der Waals surface area (Å²) in [5, 5.41) is 7.29. The fourth-order valence-electron chi connectivity index (χ4n) is 1.51. The topological polar surface area (TPSA) is 68.5 Å². The Labute approximate surface area is 117 Å². The predicted octanol–water partition coefficient (Wildman–Crippen LogP) is 2.56. The first-order valence-electron chi connectivity index (χ1n) is 5.52. The molecule has 0 aliphatic heterocycles. The smallest absolute Gasteiger partial charge is 0.227 e. The largest absolute Gasteiger partial charge is 0.321 e. The summed E-state index contributed by atoms with van der Waals surface area (Å²) in [4.78, 5) is 12.5. The van der Waals surface area contributed by atoms with E-state index >= 15 is 0 Å². The zero-order valence-corrected chi connectivity index (χ0v) is 11.3. The lowest BCUT2D eigenvalue weighted by Crippen LogP contribution is -1.97. The maximum absolute atomic E-state index is 4.23. The Morgan fingerprint density at radius 3 is 2.63 bits per heavy atom. The van der Waals surface area contributed by atoms with Crippen molar-refractivity contribution in [2.45, 2.75) is 0 Å². The Kier molecular flexibility index (Phi) is 3.20. The van der Waals surface area contributed by atoms with Crippen LogP contribution < -0.4 is 5.32 Å². The molecule has 94 valence electrons. The van der Waals surface area contributed by atoms with Crippen LogP contribution in [0.15, 0.2) is 53.7 Å². The predicted molar refractivity (Wildman–Crippen MR) is 74.4 cm³/mol. The second-order valence-electron chi connectivity index (χ2n) is 3.71. The second-order valence-corrected chi connectivity index (χ2v) is 4.63. The first kappa shape index (κ1) is 11.8. The number of nitrogens with one attached hydrogen (secondary N) is 1. The first-order valence-corrected chi connectivity index (χ1v) is 6.31. The van der Waals surface area contributed by atoms with Crippen LogP contribution in [-0.2, 0) is 0 Å². The minimum atomic E-state index is 0.517. The normalized spacial score (nSPS) is 10.4. The molecule has 0 aliphatic carbocycles. The number of anilines is 2. The Morgan fingerprint density at radius 2 is 1.89 bits per heavy atom. The summed E-state index contributed by atoms with van der Waals surface area (Å²) in [5.74, 6) is 1.27. The van der Waals surface area contributed by atoms with Crippen LogP contribution in [0.1, 0.15) is 0 Å². The molecule has 0 spiro atoms. The Hall–Kier alpha value is -2.28. The zero-order valence-electron chi connectivity index (χ0n) is 9.73. The van der Waals surface area contributed by atoms with Crippen LogP contribution >= 0.6 is 15.9 Å². The maximum Gasteiger partial charge on any atom is 0.227 e. The van der Waals surface area contributed by atoms with Crippen molar-refractivity contribution >= 4 is 27.6 Å². The third-order valence-electron chi connectivity index (χ3n) is 2.34. The van der Waals surface area contributed by atoms with Gasteiger partial charge in [-0.15, -0.1) is 0 Å². The van der Waals surface area contributed by atoms with Crippen LogP contribution in [0.4, 0.5) is 11.6 Å². The molecule has 0 amide bonds. The maximum atomic E-state index is 4.23. The van der Waals surface area contributed by atoms with Crippen molar-refractivity contribution in [2.24, 2.45) is 0 Å². The van der Waals surface area contributed by atoms with Crippen molar-refractivity contribution in [3.8, 4) is 5.82 Å². The lowest BCUT2D eigenvalue weighted by atomic mass is 10.5. The van der Waals surface area contributed by atoms with E-state index in [2.05, 4.69) is 41.3 Å². The van der Waals surface area contributed by atoms with Crippen LogP contribution in [0.2, 0.25) is 0 Å². The summed E-state index contributed by atoms with van der Waals surface area (Å²) < 4.78 is 2.52. The molecule has 1 N–H and O–H groups in total. The molecule has 0 atom stereocenters. The number of pyridine rings is 1. The molecule has 6 nitrogen and oxygen atoms in total. The molecule has 3 rings (SSSR count). The van der Waals surface area contributed by atoms with Gasteiger partial charge in [0, 0.05) is 18.6 Å². The zero-order chi connectivity index (χ0) is 13.1. The molecule has 0 radical (unpaired) electrons. The molecular weight excluding hydrogens is 308 g/mol. The quantitative estimate of drug-likeness (QED) is 0.804. The van der Waals surface area contributed by atoms with Crippen molar-refractivity contribution < 1.29 is 0 Å². The van der Waals surface area contributed by atoms with Gasteiger partial charge in [-0.25, -0.2) is 19.6 Å². The fraction of sp³-hybridized carbons (Fsp3) is 0. The molecule has 19 heavy (non-hydrogen) atoms. The SMILES string of the molecule is Brc1cnc(Nc2cnn(-c3ccccn3)c2)nc1. The van der Waals surface area contributed by atoms with Crippen molar-refractivity contribution in [3.63, 3.8) is 0 Å². The van der Waals surface area contributed by atoms with E-state index in [-0.39, 0.29) is 0 Å². The third kappa shape index (κ3) is 2.76. The van der Waals surface area contributed by atoms with Crippen LogP contribution in [0.25, 0.3) is 5.82 Å². The van der Waals surface area contributed by atoms with E-state index in [0.29, 0.717) is 5.95 Å². The molecule has 3 heterocycles. The van der Waals surface area contributed by atoms with Crippen molar-refractivity contribution in [1.29, 1.82) is 0 Å². The minimum absolute atomic E-state index is 0.517. The second kappa shape index (κ2) is 5.15. The molecule has 7 heteroatoms. The first-order chi connectivity index (χ1) is 9.31. The summed E-state index contributed by atoms with van der Waals surface area (Å²) in [6.45, 7) is 0. The minimum Gasteiger partial charge on any atom is -0.321 e. The average Bonchev–Trinajstić information content (AvgIpc) is 2.91. The number of nitrogens with zero attached hydrogens (tertiary/aromatic N) is 5. The molecule has 0 aliphatic rings. The van der Waals surface area contributed by atoms with Crippen LogP contribution in [0.5, 0.6) is 0 Å². The van der Waals surface area contributed by atoms with Crippen LogP contribution in [0, 0.1) is 0 Å². The van der Waals surface area contributed by atoms with E-state index < -0.39 is 0 Å². The monoisotopic (exact) mass is 316 g/mol. The molecular formula is C12H9BrN6. The van der Waals surface area contributed by atoms with Crippen molar-refractivity contribution in [2.75, 3.05) is 5.32 Å². The van der Waals surface area contributed by atoms with Gasteiger partial charge in [0.1, 0.15) is 0 Å². The summed E-state index contributed by atoms with van der Waals surface area (Å²) in [6, 6.07) is 5.66.